The number of rotatable bonds is 2. The van der Waals surface area contributed by atoms with E-state index >= 15 is 0 Å². The minimum Gasteiger partial charge on any atom is -0.481 e. The lowest BCUT2D eigenvalue weighted by atomic mass is 10.1. The van der Waals surface area contributed by atoms with Gasteiger partial charge >= 0.3 is 0 Å². The van der Waals surface area contributed by atoms with Crippen molar-refractivity contribution < 1.29 is 14.3 Å². The van der Waals surface area contributed by atoms with Gasteiger partial charge in [0, 0.05) is 11.8 Å². The average Bonchev–Trinajstić information content (AvgIpc) is 2.71. The number of amides is 2. The lowest BCUT2D eigenvalue weighted by Gasteiger charge is -2.12. The van der Waals surface area contributed by atoms with Crippen molar-refractivity contribution in [3.63, 3.8) is 0 Å². The molecule has 0 radical (unpaired) electrons. The number of ether oxygens (including phenoxy) is 1. The van der Waals surface area contributed by atoms with Gasteiger partial charge in [0.25, 0.3) is 11.8 Å². The van der Waals surface area contributed by atoms with Crippen molar-refractivity contribution in [3.05, 3.63) is 47.2 Å². The zero-order valence-corrected chi connectivity index (χ0v) is 11.0. The van der Waals surface area contributed by atoms with Crippen molar-refractivity contribution in [1.29, 1.82) is 0 Å². The number of anilines is 1. The number of imide groups is 1. The maximum absolute atomic E-state index is 12.3. The van der Waals surface area contributed by atoms with E-state index in [1.54, 1.807) is 37.3 Å². The van der Waals surface area contributed by atoms with Gasteiger partial charge in [0.2, 0.25) is 11.8 Å². The third-order valence-corrected chi connectivity index (χ3v) is 3.02. The second kappa shape index (κ2) is 4.41. The number of benzene rings is 1. The molecule has 20 heavy (non-hydrogen) atoms. The summed E-state index contributed by atoms with van der Waals surface area (Å²) in [6.45, 7) is 1.74. The van der Waals surface area contributed by atoms with Crippen molar-refractivity contribution in [2.24, 2.45) is 0 Å². The Bertz CT molecular complexity index is 692. The highest BCUT2D eigenvalue weighted by atomic mass is 16.5. The quantitative estimate of drug-likeness (QED) is 0.774. The molecule has 0 bridgehead atoms. The average molecular weight is 269 g/mol. The third kappa shape index (κ3) is 1.73. The van der Waals surface area contributed by atoms with Gasteiger partial charge in [-0.3, -0.25) is 9.59 Å². The van der Waals surface area contributed by atoms with Crippen LogP contribution in [0.15, 0.2) is 30.3 Å². The Morgan fingerprint density at radius 3 is 2.20 bits per heavy atom. The van der Waals surface area contributed by atoms with Crippen LogP contribution in [0.5, 0.6) is 5.88 Å². The standard InChI is InChI=1S/C14H11N3O3/c1-8-7-11(20-2)16-14(15-8)17-12(18)9-5-3-4-6-10(9)13(17)19/h3-7H,1-2H3. The maximum Gasteiger partial charge on any atom is 0.268 e. The van der Waals surface area contributed by atoms with Crippen LogP contribution in [-0.2, 0) is 0 Å². The molecule has 0 saturated carbocycles. The van der Waals surface area contributed by atoms with Crippen LogP contribution in [0.2, 0.25) is 0 Å². The van der Waals surface area contributed by atoms with E-state index in [9.17, 15) is 9.59 Å². The van der Waals surface area contributed by atoms with E-state index < -0.39 is 11.8 Å². The van der Waals surface area contributed by atoms with Crippen molar-refractivity contribution in [1.82, 2.24) is 9.97 Å². The van der Waals surface area contributed by atoms with Crippen LogP contribution in [-0.4, -0.2) is 28.9 Å². The Kier molecular flexibility index (Phi) is 2.71. The Labute approximate surface area is 115 Å². The molecule has 2 amide bonds. The van der Waals surface area contributed by atoms with E-state index in [2.05, 4.69) is 9.97 Å². The zero-order chi connectivity index (χ0) is 14.3. The molecule has 0 spiro atoms. The van der Waals surface area contributed by atoms with Gasteiger partial charge in [-0.05, 0) is 19.1 Å². The molecule has 1 aliphatic rings. The molecular formula is C14H11N3O3. The fraction of sp³-hybridized carbons (Fsp3) is 0.143. The number of aromatic nitrogens is 2. The molecule has 0 unspecified atom stereocenters. The second-order valence-corrected chi connectivity index (χ2v) is 4.34. The van der Waals surface area contributed by atoms with Crippen LogP contribution in [0.3, 0.4) is 0 Å². The van der Waals surface area contributed by atoms with E-state index in [0.29, 0.717) is 22.7 Å². The third-order valence-electron chi connectivity index (χ3n) is 3.02. The molecule has 1 aromatic heterocycles. The Hall–Kier alpha value is -2.76. The Morgan fingerprint density at radius 1 is 1.05 bits per heavy atom. The predicted molar refractivity (Wildman–Crippen MR) is 70.9 cm³/mol. The van der Waals surface area contributed by atoms with Gasteiger partial charge in [0.1, 0.15) is 0 Å². The number of aryl methyl sites for hydroxylation is 1. The molecule has 0 atom stereocenters. The summed E-state index contributed by atoms with van der Waals surface area (Å²) < 4.78 is 5.04. The summed E-state index contributed by atoms with van der Waals surface area (Å²) in [4.78, 5) is 33.8. The first-order valence-electron chi connectivity index (χ1n) is 5.99. The number of fused-ring (bicyclic) bond motifs is 1. The van der Waals surface area contributed by atoms with Crippen LogP contribution in [0.4, 0.5) is 5.95 Å². The molecule has 6 heteroatoms. The van der Waals surface area contributed by atoms with E-state index in [4.69, 9.17) is 4.74 Å². The smallest absolute Gasteiger partial charge is 0.268 e. The molecule has 0 saturated heterocycles. The first kappa shape index (κ1) is 12.3. The molecule has 6 nitrogen and oxygen atoms in total. The number of hydrogen-bond donors (Lipinski definition) is 0. The van der Waals surface area contributed by atoms with Crippen LogP contribution in [0, 0.1) is 6.92 Å². The lowest BCUT2D eigenvalue weighted by molar-refractivity contribution is 0.0923. The fourth-order valence-electron chi connectivity index (χ4n) is 2.10. The Balaban J connectivity index is 2.11. The Morgan fingerprint density at radius 2 is 1.65 bits per heavy atom. The van der Waals surface area contributed by atoms with Gasteiger partial charge in [-0.25, -0.2) is 9.88 Å². The summed E-state index contributed by atoms with van der Waals surface area (Å²) >= 11 is 0. The molecule has 0 fully saturated rings. The molecule has 0 aliphatic carbocycles. The van der Waals surface area contributed by atoms with Gasteiger partial charge in [-0.15, -0.1) is 0 Å². The monoisotopic (exact) mass is 269 g/mol. The SMILES string of the molecule is COc1cc(C)nc(N2C(=O)c3ccccc3C2=O)n1. The normalized spacial score (nSPS) is 13.6. The summed E-state index contributed by atoms with van der Waals surface area (Å²) in [5.41, 5.74) is 1.34. The topological polar surface area (TPSA) is 72.4 Å². The second-order valence-electron chi connectivity index (χ2n) is 4.34. The van der Waals surface area contributed by atoms with Crippen molar-refractivity contribution in [2.75, 3.05) is 12.0 Å². The molecule has 3 rings (SSSR count). The maximum atomic E-state index is 12.3. The van der Waals surface area contributed by atoms with Gasteiger partial charge in [-0.1, -0.05) is 12.1 Å². The van der Waals surface area contributed by atoms with E-state index in [1.165, 1.54) is 7.11 Å². The van der Waals surface area contributed by atoms with Crippen molar-refractivity contribution >= 4 is 17.8 Å². The van der Waals surface area contributed by atoms with Gasteiger partial charge < -0.3 is 4.74 Å². The first-order chi connectivity index (χ1) is 9.61. The number of nitrogens with zero attached hydrogens (tertiary/aromatic N) is 3. The van der Waals surface area contributed by atoms with Crippen molar-refractivity contribution in [3.8, 4) is 5.88 Å². The molecule has 100 valence electrons. The van der Waals surface area contributed by atoms with Crippen LogP contribution < -0.4 is 9.64 Å². The summed E-state index contributed by atoms with van der Waals surface area (Å²) in [7, 11) is 1.47. The molecule has 0 N–H and O–H groups in total. The summed E-state index contributed by atoms with van der Waals surface area (Å²) in [5, 5.41) is 0. The molecule has 2 aromatic rings. The fourth-order valence-corrected chi connectivity index (χ4v) is 2.10. The summed E-state index contributed by atoms with van der Waals surface area (Å²) in [6, 6.07) is 8.28. The van der Waals surface area contributed by atoms with E-state index in [0.717, 1.165) is 4.90 Å². The number of methoxy groups -OCH3 is 1. The zero-order valence-electron chi connectivity index (χ0n) is 11.0. The van der Waals surface area contributed by atoms with Crippen LogP contribution in [0.1, 0.15) is 26.4 Å². The minimum absolute atomic E-state index is 0.0352. The van der Waals surface area contributed by atoms with E-state index in [1.807, 2.05) is 0 Å². The van der Waals surface area contributed by atoms with Gasteiger partial charge in [0.15, 0.2) is 0 Å². The first-order valence-corrected chi connectivity index (χ1v) is 5.99. The van der Waals surface area contributed by atoms with Gasteiger partial charge in [0.05, 0.1) is 18.2 Å². The minimum atomic E-state index is -0.418. The highest BCUT2D eigenvalue weighted by molar-refractivity contribution is 6.33. The molecule has 2 heterocycles. The van der Waals surface area contributed by atoms with Crippen LogP contribution >= 0.6 is 0 Å². The van der Waals surface area contributed by atoms with Gasteiger partial charge in [-0.2, -0.15) is 4.98 Å². The van der Waals surface area contributed by atoms with E-state index in [-0.39, 0.29) is 5.95 Å². The summed E-state index contributed by atoms with van der Waals surface area (Å²) in [5.74, 6) is -0.492. The number of carbonyl (C=O) groups is 2. The molecular weight excluding hydrogens is 258 g/mol. The molecule has 1 aromatic carbocycles. The summed E-state index contributed by atoms with van der Waals surface area (Å²) in [6.07, 6.45) is 0. The van der Waals surface area contributed by atoms with Crippen molar-refractivity contribution in [2.45, 2.75) is 6.92 Å². The highest BCUT2D eigenvalue weighted by Crippen LogP contribution is 2.27. The lowest BCUT2D eigenvalue weighted by Crippen LogP contribution is -2.31. The highest BCUT2D eigenvalue weighted by Gasteiger charge is 2.38. The largest absolute Gasteiger partial charge is 0.481 e. The number of carbonyl (C=O) groups excluding carboxylic acids is 2. The predicted octanol–water partition coefficient (Wildman–Crippen LogP) is 1.59. The van der Waals surface area contributed by atoms with Crippen LogP contribution in [0.25, 0.3) is 0 Å². The number of hydrogen-bond acceptors (Lipinski definition) is 5. The molecule has 1 aliphatic heterocycles.